The number of amides is 11. The number of nitrogens with zero attached hydrogens (tertiary/aromatic N) is 4. The van der Waals surface area contributed by atoms with E-state index in [-0.39, 0.29) is 81.6 Å². The predicted octanol–water partition coefficient (Wildman–Crippen LogP) is -8.80. The van der Waals surface area contributed by atoms with Gasteiger partial charge in [-0.15, -0.1) is 0 Å². The zero-order valence-electron chi connectivity index (χ0n) is 46.9. The average Bonchev–Trinajstić information content (AvgIpc) is 3.52. The molecule has 0 aliphatic heterocycles. The molecule has 0 aromatic carbocycles. The van der Waals surface area contributed by atoms with Gasteiger partial charge in [-0.2, -0.15) is 12.6 Å². The highest BCUT2D eigenvalue weighted by Gasteiger charge is 2.35. The summed E-state index contributed by atoms with van der Waals surface area (Å²) in [7, 11) is 0. The molecule has 0 saturated heterocycles. The number of carboxylic acid groups (broad SMARTS) is 1. The summed E-state index contributed by atoms with van der Waals surface area (Å²) in [6, 6.07) is -11.6. The first-order valence-electron chi connectivity index (χ1n) is 27.0. The van der Waals surface area contributed by atoms with E-state index in [1.54, 1.807) is 0 Å². The number of hydrogen-bond acceptors (Lipinski definition) is 20. The van der Waals surface area contributed by atoms with E-state index < -0.39 is 151 Å². The summed E-state index contributed by atoms with van der Waals surface area (Å²) in [4.78, 5) is 187. The summed E-state index contributed by atoms with van der Waals surface area (Å²) >= 11 is 3.85. The first-order chi connectivity index (χ1) is 41.5. The van der Waals surface area contributed by atoms with Crippen molar-refractivity contribution in [3.63, 3.8) is 0 Å². The maximum atomic E-state index is 14.6. The number of aliphatic carboxylic acids is 1. The van der Waals surface area contributed by atoms with Gasteiger partial charge in [0.25, 0.3) is 0 Å². The van der Waals surface area contributed by atoms with Gasteiger partial charge in [-0.1, -0.05) is 0 Å². The Morgan fingerprint density at radius 3 is 1.29 bits per heavy atom. The van der Waals surface area contributed by atoms with Crippen molar-refractivity contribution in [3.8, 4) is 0 Å². The number of carboxylic acids is 1. The van der Waals surface area contributed by atoms with Gasteiger partial charge in [0.05, 0.1) is 80.2 Å². The number of nitrogens with two attached hydrogens (primary N) is 4. The number of guanidine groups is 1. The van der Waals surface area contributed by atoms with E-state index >= 15 is 0 Å². The molecule has 0 fully saturated rings. The van der Waals surface area contributed by atoms with Gasteiger partial charge in [0, 0.05) is 62.8 Å². The summed E-state index contributed by atoms with van der Waals surface area (Å²) in [5.41, 5.74) is 24.0. The molecule has 37 nitrogen and oxygen atoms in total. The number of primary amides is 1. The van der Waals surface area contributed by atoms with Crippen LogP contribution in [0.4, 0.5) is 0 Å². The lowest BCUT2D eigenvalue weighted by Gasteiger charge is -2.27. The molecule has 0 spiro atoms. The quantitative estimate of drug-likeness (QED) is 0.00851. The molecule has 474 valence electrons. The van der Waals surface area contributed by atoms with Crippen molar-refractivity contribution in [1.82, 2.24) is 98.4 Å². The van der Waals surface area contributed by atoms with Crippen molar-refractivity contribution in [1.29, 1.82) is 5.41 Å². The topological polar surface area (TPSA) is 600 Å². The van der Waals surface area contributed by atoms with Gasteiger partial charge in [-0.05, 0) is 38.6 Å². The summed E-state index contributed by atoms with van der Waals surface area (Å²) in [6.45, 7) is -1.75. The molecule has 4 heterocycles. The molecule has 0 radical (unpaired) electrons. The lowest BCUT2D eigenvalue weighted by atomic mass is 10.0. The Morgan fingerprint density at radius 1 is 0.483 bits per heavy atom. The summed E-state index contributed by atoms with van der Waals surface area (Å²) < 4.78 is 0. The Hall–Kier alpha value is -9.98. The lowest BCUT2D eigenvalue weighted by molar-refractivity contribution is -0.141. The lowest BCUT2D eigenvalue weighted by Crippen LogP contribution is -2.61. The van der Waals surface area contributed by atoms with E-state index in [9.17, 15) is 57.5 Å². The third-order valence-electron chi connectivity index (χ3n) is 12.5. The number of rotatable bonds is 40. The second kappa shape index (κ2) is 36.7. The van der Waals surface area contributed by atoms with Crippen LogP contribution in [0.25, 0.3) is 0 Å². The second-order valence-electron chi connectivity index (χ2n) is 19.4. The molecule has 4 aromatic rings. The van der Waals surface area contributed by atoms with Crippen LogP contribution in [0, 0.1) is 5.41 Å². The van der Waals surface area contributed by atoms with Crippen LogP contribution in [-0.2, 0) is 83.2 Å². The van der Waals surface area contributed by atoms with E-state index in [4.69, 9.17) is 33.5 Å². The highest BCUT2D eigenvalue weighted by molar-refractivity contribution is 7.80. The van der Waals surface area contributed by atoms with Gasteiger partial charge in [0.1, 0.15) is 42.3 Å². The van der Waals surface area contributed by atoms with E-state index in [0.717, 1.165) is 0 Å². The zero-order valence-corrected chi connectivity index (χ0v) is 47.8. The fraction of sp³-hybridized carbons (Fsp3) is 0.490. The molecule has 38 heteroatoms. The molecular formula is C49H74N24O13S. The van der Waals surface area contributed by atoms with Crippen LogP contribution in [0.2, 0.25) is 0 Å². The number of H-pyrrole nitrogens is 4. The third kappa shape index (κ3) is 25.8. The highest BCUT2D eigenvalue weighted by Crippen LogP contribution is 2.10. The number of carbonyl (C=O) groups is 12. The Morgan fingerprint density at radius 2 is 0.874 bits per heavy atom. The molecule has 0 unspecified atom stereocenters. The van der Waals surface area contributed by atoms with Crippen LogP contribution >= 0.6 is 12.6 Å². The molecular weight excluding hydrogens is 1160 g/mol. The standard InChI is InChI=1S/C49H74N24O13S/c50-6-2-1-4-30(43(80)71-32(9-26-14-56-22-64-26)42(79)62-18-39(76)60-17-38(75)61-19-40(77)67-36(20-87)48(85)86)68-45(82)33(10-27-15-57-23-65-27)72-44(81)31(5-3-7-59-49(53)54)69-46(83)34(11-28-16-58-24-66-28)73-47(84)35(12-37(52)74)70-41(78)29(51)8-25-13-55-21-63-25/h13-16,21-24,29-36,87H,1-12,17-20,50-51H2,(H2,52,74)(H,55,63)(H,56,64)(H,57,65)(H,58,66)(H,60,76)(H,61,75)(H,62,79)(H,67,77)(H,68,82)(H,69,83)(H,70,78)(H,71,80)(H,72,81)(H,73,84)(H,85,86)(H4,53,54,59)/t29-,30-,31-,32-,33-,34-,35-,36-/m0/s1. The third-order valence-corrected chi connectivity index (χ3v) is 12.9. The number of unbranched alkanes of at least 4 members (excludes halogenated alkanes) is 1. The van der Waals surface area contributed by atoms with Gasteiger partial charge in [0.15, 0.2) is 5.96 Å². The Kier molecular flexibility index (Phi) is 29.3. The van der Waals surface area contributed by atoms with Gasteiger partial charge in [-0.25, -0.2) is 24.7 Å². The molecule has 11 amide bonds. The minimum absolute atomic E-state index is 0.0289. The minimum atomic E-state index is -1.64. The van der Waals surface area contributed by atoms with Crippen molar-refractivity contribution in [2.75, 3.05) is 38.5 Å². The van der Waals surface area contributed by atoms with Crippen LogP contribution in [0.15, 0.2) is 50.1 Å². The Labute approximate surface area is 501 Å². The summed E-state index contributed by atoms with van der Waals surface area (Å²) in [6.07, 6.45) is 9.99. The molecule has 0 aliphatic rings. The maximum Gasteiger partial charge on any atom is 0.327 e. The number of hydrogen-bond donors (Lipinski definition) is 22. The molecule has 8 atom stereocenters. The fourth-order valence-corrected chi connectivity index (χ4v) is 8.25. The van der Waals surface area contributed by atoms with Crippen LogP contribution in [0.3, 0.4) is 0 Å². The van der Waals surface area contributed by atoms with Crippen LogP contribution in [-0.4, -0.2) is 209 Å². The number of nitrogens with one attached hydrogen (secondary N) is 16. The molecule has 25 N–H and O–H groups in total. The number of carbonyl (C=O) groups excluding carboxylic acids is 11. The van der Waals surface area contributed by atoms with Crippen molar-refractivity contribution < 1.29 is 62.6 Å². The van der Waals surface area contributed by atoms with Crippen LogP contribution < -0.4 is 81.4 Å². The summed E-state index contributed by atoms with van der Waals surface area (Å²) in [5.74, 6) is -12.0. The van der Waals surface area contributed by atoms with Gasteiger partial charge in [0.2, 0.25) is 65.0 Å². The zero-order chi connectivity index (χ0) is 63.8. The number of thiol groups is 1. The first kappa shape index (κ1) is 69.5. The van der Waals surface area contributed by atoms with Gasteiger partial charge in [-0.3, -0.25) is 58.1 Å². The number of aromatic nitrogens is 8. The highest BCUT2D eigenvalue weighted by atomic mass is 32.1. The minimum Gasteiger partial charge on any atom is -0.480 e. The van der Waals surface area contributed by atoms with Crippen molar-refractivity contribution in [2.24, 2.45) is 22.9 Å². The van der Waals surface area contributed by atoms with Crippen LogP contribution in [0.1, 0.15) is 61.3 Å². The second-order valence-corrected chi connectivity index (χ2v) is 19.7. The molecule has 0 bridgehead atoms. The van der Waals surface area contributed by atoms with Gasteiger partial charge < -0.3 is 106 Å². The van der Waals surface area contributed by atoms with Crippen molar-refractivity contribution >= 4 is 89.5 Å². The molecule has 0 aliphatic carbocycles. The molecule has 87 heavy (non-hydrogen) atoms. The van der Waals surface area contributed by atoms with Crippen LogP contribution in [0.5, 0.6) is 0 Å². The summed E-state index contributed by atoms with van der Waals surface area (Å²) in [5, 5.41) is 43.7. The molecule has 0 saturated carbocycles. The maximum absolute atomic E-state index is 14.6. The normalized spacial score (nSPS) is 13.6. The van der Waals surface area contributed by atoms with E-state index in [2.05, 4.69) is 111 Å². The number of imidazole rings is 4. The smallest absolute Gasteiger partial charge is 0.327 e. The Bertz CT molecular complexity index is 2910. The van der Waals surface area contributed by atoms with Gasteiger partial charge >= 0.3 is 5.97 Å². The first-order valence-corrected chi connectivity index (χ1v) is 27.7. The molecule has 4 aromatic heterocycles. The predicted molar refractivity (Wildman–Crippen MR) is 307 cm³/mol. The van der Waals surface area contributed by atoms with Crippen molar-refractivity contribution in [2.45, 2.75) is 113 Å². The largest absolute Gasteiger partial charge is 0.480 e. The fourth-order valence-electron chi connectivity index (χ4n) is 8.00. The average molecular weight is 1240 g/mol. The number of aromatic amines is 4. The monoisotopic (exact) mass is 1240 g/mol. The van der Waals surface area contributed by atoms with E-state index in [1.807, 2.05) is 0 Å². The SMILES string of the molecule is N=C(N)NCCC[C@H](NC(=O)[C@H](Cc1c[nH]cn1)NC(=O)[C@H](CC(N)=O)NC(=O)[C@@H](N)Cc1c[nH]cn1)C(=O)N[C@@H](Cc1c[nH]cn1)C(=O)N[C@@H](CCCCN)C(=O)N[C@@H](Cc1c[nH]cn1)C(=O)NCC(=O)NCC(=O)NCC(=O)N[C@@H](CS)C(=O)O. The Balaban J connectivity index is 1.54. The van der Waals surface area contributed by atoms with E-state index in [0.29, 0.717) is 17.8 Å². The van der Waals surface area contributed by atoms with Crippen molar-refractivity contribution in [3.05, 3.63) is 72.9 Å². The molecule has 4 rings (SSSR count). The van der Waals surface area contributed by atoms with E-state index in [1.165, 1.54) is 50.1 Å².